The zero-order chi connectivity index (χ0) is 23.6. The summed E-state index contributed by atoms with van der Waals surface area (Å²) in [6.45, 7) is 12.5. The first kappa shape index (κ1) is 25.2. The highest BCUT2D eigenvalue weighted by atomic mass is 28.4. The number of rotatable bonds is 12. The highest BCUT2D eigenvalue weighted by Gasteiger charge is 2.51. The van der Waals surface area contributed by atoms with E-state index in [9.17, 15) is 0 Å². The van der Waals surface area contributed by atoms with Crippen LogP contribution in [0.4, 0.5) is 0 Å². The van der Waals surface area contributed by atoms with Gasteiger partial charge in [0.15, 0.2) is 0 Å². The quantitative estimate of drug-likeness (QED) is 0.175. The Morgan fingerprint density at radius 2 is 1.30 bits per heavy atom. The van der Waals surface area contributed by atoms with Gasteiger partial charge in [0.25, 0.3) is 8.32 Å². The summed E-state index contributed by atoms with van der Waals surface area (Å²) in [6.07, 6.45) is 5.00. The molecular weight excluding hydrogens is 420 g/mol. The van der Waals surface area contributed by atoms with E-state index in [0.717, 1.165) is 25.9 Å². The molecule has 3 rings (SSSR count). The summed E-state index contributed by atoms with van der Waals surface area (Å²) >= 11 is 0. The normalized spacial score (nSPS) is 12.9. The van der Waals surface area contributed by atoms with Gasteiger partial charge in [-0.05, 0) is 40.2 Å². The monoisotopic (exact) mass is 458 g/mol. The van der Waals surface area contributed by atoms with E-state index in [2.05, 4.69) is 112 Å². The van der Waals surface area contributed by atoms with Crippen LogP contribution in [0.1, 0.15) is 45.6 Å². The van der Waals surface area contributed by atoms with Crippen LogP contribution in [0.15, 0.2) is 104 Å². The Morgan fingerprint density at radius 3 is 1.79 bits per heavy atom. The number of benzene rings is 3. The van der Waals surface area contributed by atoms with Crippen molar-refractivity contribution in [2.75, 3.05) is 6.61 Å². The van der Waals surface area contributed by atoms with Crippen LogP contribution in [0.2, 0.25) is 5.04 Å². The van der Waals surface area contributed by atoms with E-state index < -0.39 is 8.32 Å². The predicted molar refractivity (Wildman–Crippen MR) is 143 cm³/mol. The molecule has 3 aromatic carbocycles. The zero-order valence-electron chi connectivity index (χ0n) is 20.4. The predicted octanol–water partition coefficient (Wildman–Crippen LogP) is 6.50. The molecule has 0 bridgehead atoms. The lowest BCUT2D eigenvalue weighted by Crippen LogP contribution is -2.67. The number of hydrogen-bond donors (Lipinski definition) is 0. The van der Waals surface area contributed by atoms with Crippen molar-refractivity contribution in [1.82, 2.24) is 0 Å². The first-order valence-corrected chi connectivity index (χ1v) is 13.9. The van der Waals surface area contributed by atoms with Gasteiger partial charge in [-0.2, -0.15) is 0 Å². The second kappa shape index (κ2) is 12.1. The highest BCUT2D eigenvalue weighted by Crippen LogP contribution is 2.38. The zero-order valence-corrected chi connectivity index (χ0v) is 21.4. The summed E-state index contributed by atoms with van der Waals surface area (Å²) in [5, 5.41) is 2.58. The van der Waals surface area contributed by atoms with Crippen molar-refractivity contribution in [3.8, 4) is 0 Å². The van der Waals surface area contributed by atoms with Gasteiger partial charge in [-0.3, -0.25) is 0 Å². The SMILES string of the molecule is C=C[C@@H](CCCCOCc1ccccc1)O[Si](c1ccccc1)(c1ccccc1)C(C)(C)C. The van der Waals surface area contributed by atoms with Gasteiger partial charge in [-0.25, -0.2) is 0 Å². The largest absolute Gasteiger partial charge is 0.401 e. The molecule has 0 unspecified atom stereocenters. The van der Waals surface area contributed by atoms with Gasteiger partial charge in [0.2, 0.25) is 0 Å². The van der Waals surface area contributed by atoms with Crippen molar-refractivity contribution in [2.24, 2.45) is 0 Å². The maximum Gasteiger partial charge on any atom is 0.261 e. The van der Waals surface area contributed by atoms with E-state index in [1.165, 1.54) is 15.9 Å². The fraction of sp³-hybridized carbons (Fsp3) is 0.333. The number of hydrogen-bond acceptors (Lipinski definition) is 2. The second-order valence-electron chi connectivity index (χ2n) is 9.59. The summed E-state index contributed by atoms with van der Waals surface area (Å²) in [7, 11) is -2.56. The van der Waals surface area contributed by atoms with Crippen LogP contribution in [0.25, 0.3) is 0 Å². The molecule has 3 aromatic rings. The summed E-state index contributed by atoms with van der Waals surface area (Å²) in [4.78, 5) is 0. The van der Waals surface area contributed by atoms with E-state index in [4.69, 9.17) is 9.16 Å². The molecule has 0 amide bonds. The second-order valence-corrected chi connectivity index (χ2v) is 13.8. The standard InChI is InChI=1S/C30H38O2Si/c1-5-27(19-15-16-24-31-25-26-17-9-6-10-18-26)32-33(30(2,3)4,28-20-11-7-12-21-28)29-22-13-8-14-23-29/h5-14,17-18,20-23,27H,1,15-16,19,24-25H2,2-4H3/t27-/m0/s1. The minimum atomic E-state index is -2.56. The molecule has 174 valence electrons. The first-order valence-electron chi connectivity index (χ1n) is 12.0. The fourth-order valence-electron chi connectivity index (χ4n) is 4.46. The Morgan fingerprint density at radius 1 is 0.788 bits per heavy atom. The molecule has 0 fully saturated rings. The summed E-state index contributed by atoms with van der Waals surface area (Å²) in [6, 6.07) is 32.0. The van der Waals surface area contributed by atoms with Crippen molar-refractivity contribution in [1.29, 1.82) is 0 Å². The summed E-state index contributed by atoms with van der Waals surface area (Å²) < 4.78 is 13.1. The molecule has 2 nitrogen and oxygen atoms in total. The van der Waals surface area contributed by atoms with E-state index in [1.54, 1.807) is 0 Å². The van der Waals surface area contributed by atoms with Crippen molar-refractivity contribution in [2.45, 2.75) is 57.8 Å². The number of ether oxygens (including phenoxy) is 1. The summed E-state index contributed by atoms with van der Waals surface area (Å²) in [5.41, 5.74) is 1.22. The molecule has 0 saturated carbocycles. The van der Waals surface area contributed by atoms with Gasteiger partial charge < -0.3 is 9.16 Å². The number of unbranched alkanes of at least 4 members (excludes halogenated alkanes) is 1. The smallest absolute Gasteiger partial charge is 0.261 e. The molecular formula is C30H38O2Si. The first-order chi connectivity index (χ1) is 16.0. The molecule has 0 aliphatic rings. The van der Waals surface area contributed by atoms with Crippen LogP contribution in [0, 0.1) is 0 Å². The molecule has 0 heterocycles. The van der Waals surface area contributed by atoms with E-state index >= 15 is 0 Å². The summed E-state index contributed by atoms with van der Waals surface area (Å²) in [5.74, 6) is 0. The molecule has 0 aliphatic carbocycles. The molecule has 1 atom stereocenters. The van der Waals surface area contributed by atoms with Gasteiger partial charge in [-0.15, -0.1) is 6.58 Å². The lowest BCUT2D eigenvalue weighted by Gasteiger charge is -2.44. The Balaban J connectivity index is 1.70. The molecule has 3 heteroatoms. The molecule has 0 aliphatic heterocycles. The van der Waals surface area contributed by atoms with Gasteiger partial charge in [-0.1, -0.05) is 118 Å². The lowest BCUT2D eigenvalue weighted by atomic mass is 10.1. The van der Waals surface area contributed by atoms with E-state index in [1.807, 2.05) is 12.1 Å². The van der Waals surface area contributed by atoms with Crippen LogP contribution in [0.5, 0.6) is 0 Å². The average molecular weight is 459 g/mol. The molecule has 0 spiro atoms. The van der Waals surface area contributed by atoms with Crippen molar-refractivity contribution in [3.63, 3.8) is 0 Å². The molecule has 0 radical (unpaired) electrons. The van der Waals surface area contributed by atoms with Crippen LogP contribution in [0.3, 0.4) is 0 Å². The van der Waals surface area contributed by atoms with Crippen LogP contribution < -0.4 is 10.4 Å². The molecule has 0 saturated heterocycles. The Labute approximate surface area is 201 Å². The van der Waals surface area contributed by atoms with Crippen LogP contribution in [-0.2, 0) is 15.8 Å². The van der Waals surface area contributed by atoms with Gasteiger partial charge in [0.05, 0.1) is 12.7 Å². The van der Waals surface area contributed by atoms with Crippen molar-refractivity contribution in [3.05, 3.63) is 109 Å². The van der Waals surface area contributed by atoms with Gasteiger partial charge in [0.1, 0.15) is 0 Å². The topological polar surface area (TPSA) is 18.5 Å². The average Bonchev–Trinajstić information content (AvgIpc) is 2.84. The Hall–Kier alpha value is -2.46. The third kappa shape index (κ3) is 6.54. The minimum Gasteiger partial charge on any atom is -0.401 e. The molecule has 0 aromatic heterocycles. The maximum absolute atomic E-state index is 7.18. The molecule has 0 N–H and O–H groups in total. The highest BCUT2D eigenvalue weighted by molar-refractivity contribution is 6.99. The third-order valence-corrected chi connectivity index (χ3v) is 11.2. The Bertz CT molecular complexity index is 909. The molecule has 33 heavy (non-hydrogen) atoms. The lowest BCUT2D eigenvalue weighted by molar-refractivity contribution is 0.114. The van der Waals surface area contributed by atoms with Crippen molar-refractivity contribution >= 4 is 18.7 Å². The van der Waals surface area contributed by atoms with E-state index in [-0.39, 0.29) is 11.1 Å². The van der Waals surface area contributed by atoms with Crippen molar-refractivity contribution < 1.29 is 9.16 Å². The van der Waals surface area contributed by atoms with Gasteiger partial charge in [0, 0.05) is 6.61 Å². The Kier molecular flexibility index (Phi) is 9.25. The fourth-order valence-corrected chi connectivity index (χ4v) is 9.14. The third-order valence-electron chi connectivity index (χ3n) is 6.15. The van der Waals surface area contributed by atoms with E-state index in [0.29, 0.717) is 6.61 Å². The van der Waals surface area contributed by atoms with Crippen LogP contribution in [-0.4, -0.2) is 21.0 Å². The minimum absolute atomic E-state index is 0.00503. The van der Waals surface area contributed by atoms with Crippen LogP contribution >= 0.6 is 0 Å². The maximum atomic E-state index is 7.18. The van der Waals surface area contributed by atoms with Gasteiger partial charge >= 0.3 is 0 Å².